The largest absolute Gasteiger partial charge is 0.457 e. The Morgan fingerprint density at radius 2 is 2.17 bits per heavy atom. The minimum atomic E-state index is -0.363. The van der Waals surface area contributed by atoms with Gasteiger partial charge in [-0.1, -0.05) is 12.1 Å². The van der Waals surface area contributed by atoms with E-state index in [9.17, 15) is 9.59 Å². The maximum Gasteiger partial charge on any atom is 0.409 e. The van der Waals surface area contributed by atoms with Crippen molar-refractivity contribution in [3.63, 3.8) is 0 Å². The number of fused-ring (bicyclic) bond motifs is 1. The van der Waals surface area contributed by atoms with Crippen LogP contribution in [0.5, 0.6) is 0 Å². The molecule has 0 atom stereocenters. The van der Waals surface area contributed by atoms with Crippen LogP contribution in [0.3, 0.4) is 0 Å². The number of nitrogen functional groups attached to an aromatic ring is 1. The predicted octanol–water partition coefficient (Wildman–Crippen LogP) is 1.49. The van der Waals surface area contributed by atoms with Crippen LogP contribution < -0.4 is 5.73 Å². The summed E-state index contributed by atoms with van der Waals surface area (Å²) in [5, 5.41) is 0.769. The summed E-state index contributed by atoms with van der Waals surface area (Å²) in [6.07, 6.45) is 0.407. The molecule has 8 heteroatoms. The number of nitrogens with two attached hydrogens (primary N) is 1. The zero-order valence-electron chi connectivity index (χ0n) is 13.1. The van der Waals surface area contributed by atoms with Crippen molar-refractivity contribution < 1.29 is 19.1 Å². The van der Waals surface area contributed by atoms with Crippen molar-refractivity contribution in [2.45, 2.75) is 19.4 Å². The van der Waals surface area contributed by atoms with Crippen molar-refractivity contribution in [3.8, 4) is 0 Å². The number of nitrogens with zero attached hydrogens (tertiary/aromatic N) is 3. The Bertz CT molecular complexity index is 765. The molecule has 1 aliphatic rings. The molecule has 0 aliphatic carbocycles. The normalized spacial score (nSPS) is 14.0. The van der Waals surface area contributed by atoms with E-state index in [1.807, 2.05) is 24.3 Å². The van der Waals surface area contributed by atoms with Crippen LogP contribution in [0.15, 0.2) is 24.3 Å². The molecule has 1 amide bonds. The van der Waals surface area contributed by atoms with Crippen LogP contribution in [0, 0.1) is 0 Å². The lowest BCUT2D eigenvalue weighted by atomic mass is 10.2. The summed E-state index contributed by atoms with van der Waals surface area (Å²) in [6, 6.07) is 7.38. The number of anilines is 1. The maximum absolute atomic E-state index is 11.8. The van der Waals surface area contributed by atoms with Gasteiger partial charge < -0.3 is 20.1 Å². The quantitative estimate of drug-likeness (QED) is 0.799. The molecule has 1 saturated heterocycles. The molecule has 1 aliphatic heterocycles. The van der Waals surface area contributed by atoms with E-state index in [-0.39, 0.29) is 25.1 Å². The number of benzene rings is 1. The Hall–Kier alpha value is -2.90. The minimum Gasteiger partial charge on any atom is -0.457 e. The average molecular weight is 330 g/mol. The fourth-order valence-electron chi connectivity index (χ4n) is 2.48. The Balaban J connectivity index is 1.48. The molecule has 0 bridgehead atoms. The van der Waals surface area contributed by atoms with Gasteiger partial charge in [0, 0.05) is 18.4 Å². The molecule has 2 aromatic rings. The van der Waals surface area contributed by atoms with Gasteiger partial charge in [-0.25, -0.2) is 14.8 Å². The highest BCUT2D eigenvalue weighted by Crippen LogP contribution is 2.17. The van der Waals surface area contributed by atoms with Crippen LogP contribution in [-0.2, 0) is 20.9 Å². The smallest absolute Gasteiger partial charge is 0.409 e. The number of ether oxygens (including phenoxy) is 2. The van der Waals surface area contributed by atoms with Gasteiger partial charge in [0.05, 0.1) is 12.1 Å². The van der Waals surface area contributed by atoms with E-state index in [0.717, 1.165) is 5.39 Å². The Kier molecular flexibility index (Phi) is 4.74. The van der Waals surface area contributed by atoms with Crippen molar-refractivity contribution >= 4 is 28.8 Å². The second-order valence-corrected chi connectivity index (χ2v) is 5.41. The first-order chi connectivity index (χ1) is 11.6. The van der Waals surface area contributed by atoms with Gasteiger partial charge >= 0.3 is 12.1 Å². The summed E-state index contributed by atoms with van der Waals surface area (Å²) in [6.45, 7) is 1.43. The molecule has 0 unspecified atom stereocenters. The number of hydrogen-bond acceptors (Lipinski definition) is 7. The molecule has 8 nitrogen and oxygen atoms in total. The van der Waals surface area contributed by atoms with Gasteiger partial charge in [-0.05, 0) is 18.6 Å². The van der Waals surface area contributed by atoms with Crippen molar-refractivity contribution in [2.24, 2.45) is 0 Å². The Morgan fingerprint density at radius 1 is 1.33 bits per heavy atom. The lowest BCUT2D eigenvalue weighted by molar-refractivity contribution is -0.145. The highest BCUT2D eigenvalue weighted by Gasteiger charge is 2.21. The van der Waals surface area contributed by atoms with E-state index >= 15 is 0 Å². The first-order valence-corrected chi connectivity index (χ1v) is 7.72. The van der Waals surface area contributed by atoms with Gasteiger partial charge in [0.1, 0.15) is 12.4 Å². The number of carbonyl (C=O) groups is 2. The number of carbonyl (C=O) groups excluding carboxylic acids is 2. The van der Waals surface area contributed by atoms with Crippen LogP contribution in [-0.4, -0.2) is 46.6 Å². The fourth-order valence-corrected chi connectivity index (χ4v) is 2.48. The molecule has 0 spiro atoms. The number of cyclic esters (lactones) is 1. The number of aromatic nitrogens is 2. The van der Waals surface area contributed by atoms with Crippen molar-refractivity contribution in [1.82, 2.24) is 14.9 Å². The van der Waals surface area contributed by atoms with E-state index in [2.05, 4.69) is 9.97 Å². The lowest BCUT2D eigenvalue weighted by Crippen LogP contribution is -2.25. The first kappa shape index (κ1) is 16.0. The highest BCUT2D eigenvalue weighted by molar-refractivity contribution is 5.87. The molecule has 3 rings (SSSR count). The SMILES string of the molecule is Nc1nc(COC(=O)CCCN2CCOC2=O)nc2ccccc12. The summed E-state index contributed by atoms with van der Waals surface area (Å²) in [5.74, 6) is 0.361. The lowest BCUT2D eigenvalue weighted by Gasteiger charge is -2.11. The fraction of sp³-hybridized carbons (Fsp3) is 0.375. The Labute approximate surface area is 138 Å². The number of esters is 1. The molecule has 2 heterocycles. The van der Waals surface area contributed by atoms with E-state index < -0.39 is 0 Å². The molecule has 126 valence electrons. The van der Waals surface area contributed by atoms with Gasteiger partial charge in [-0.15, -0.1) is 0 Å². The number of hydrogen-bond donors (Lipinski definition) is 1. The highest BCUT2D eigenvalue weighted by atomic mass is 16.6. The molecule has 1 fully saturated rings. The number of rotatable bonds is 6. The van der Waals surface area contributed by atoms with Gasteiger partial charge in [0.15, 0.2) is 12.4 Å². The van der Waals surface area contributed by atoms with Crippen molar-refractivity contribution in [3.05, 3.63) is 30.1 Å². The number of amides is 1. The van der Waals surface area contributed by atoms with E-state index in [0.29, 0.717) is 43.3 Å². The van der Waals surface area contributed by atoms with Gasteiger partial charge in [-0.3, -0.25) is 4.79 Å². The summed E-state index contributed by atoms with van der Waals surface area (Å²) < 4.78 is 9.99. The molecule has 1 aromatic heterocycles. The van der Waals surface area contributed by atoms with Gasteiger partial charge in [-0.2, -0.15) is 0 Å². The topological polar surface area (TPSA) is 108 Å². The van der Waals surface area contributed by atoms with Crippen LogP contribution in [0.1, 0.15) is 18.7 Å². The molecule has 0 radical (unpaired) electrons. The van der Waals surface area contributed by atoms with E-state index in [1.165, 1.54) is 0 Å². The Morgan fingerprint density at radius 3 is 2.96 bits per heavy atom. The van der Waals surface area contributed by atoms with E-state index in [4.69, 9.17) is 15.2 Å². The molecule has 24 heavy (non-hydrogen) atoms. The minimum absolute atomic E-state index is 0.0282. The average Bonchev–Trinajstić information content (AvgIpc) is 2.98. The van der Waals surface area contributed by atoms with Crippen LogP contribution >= 0.6 is 0 Å². The monoisotopic (exact) mass is 330 g/mol. The zero-order chi connectivity index (χ0) is 16.9. The van der Waals surface area contributed by atoms with Crippen LogP contribution in [0.2, 0.25) is 0 Å². The second-order valence-electron chi connectivity index (χ2n) is 5.41. The third-order valence-electron chi connectivity index (χ3n) is 3.70. The standard InChI is InChI=1S/C16H18N4O4/c17-15-11-4-1-2-5-12(11)18-13(19-15)10-24-14(21)6-3-7-20-8-9-23-16(20)22/h1-2,4-5H,3,6-10H2,(H2,17,18,19). The van der Waals surface area contributed by atoms with E-state index in [1.54, 1.807) is 4.90 Å². The van der Waals surface area contributed by atoms with Gasteiger partial charge in [0.2, 0.25) is 0 Å². The molecule has 2 N–H and O–H groups in total. The summed E-state index contributed by atoms with van der Waals surface area (Å²) in [5.41, 5.74) is 6.60. The van der Waals surface area contributed by atoms with Crippen molar-refractivity contribution in [2.75, 3.05) is 25.4 Å². The molecule has 1 aromatic carbocycles. The molecular weight excluding hydrogens is 312 g/mol. The zero-order valence-corrected chi connectivity index (χ0v) is 13.1. The summed E-state index contributed by atoms with van der Waals surface area (Å²) in [4.78, 5) is 33.1. The van der Waals surface area contributed by atoms with Crippen LogP contribution in [0.25, 0.3) is 10.9 Å². The third-order valence-corrected chi connectivity index (χ3v) is 3.70. The van der Waals surface area contributed by atoms with Crippen molar-refractivity contribution in [1.29, 1.82) is 0 Å². The number of para-hydroxylation sites is 1. The maximum atomic E-state index is 11.8. The molecule has 0 saturated carbocycles. The second kappa shape index (κ2) is 7.12. The first-order valence-electron chi connectivity index (χ1n) is 7.72. The predicted molar refractivity (Wildman–Crippen MR) is 85.9 cm³/mol. The summed E-state index contributed by atoms with van der Waals surface area (Å²) in [7, 11) is 0. The summed E-state index contributed by atoms with van der Waals surface area (Å²) >= 11 is 0. The third kappa shape index (κ3) is 3.70. The molecular formula is C16H18N4O4. The van der Waals surface area contributed by atoms with Gasteiger partial charge in [0.25, 0.3) is 0 Å². The van der Waals surface area contributed by atoms with Crippen LogP contribution in [0.4, 0.5) is 10.6 Å².